The Morgan fingerprint density at radius 1 is 0.848 bits per heavy atom. The maximum atomic E-state index is 12.7. The van der Waals surface area contributed by atoms with Crippen molar-refractivity contribution in [1.82, 2.24) is 10.6 Å². The van der Waals surface area contributed by atoms with Crippen LogP contribution in [-0.4, -0.2) is 26.8 Å². The van der Waals surface area contributed by atoms with E-state index in [-0.39, 0.29) is 29.7 Å². The van der Waals surface area contributed by atoms with Crippen LogP contribution in [0.15, 0.2) is 77.7 Å². The molecular formula is C25H27N3O4S. The van der Waals surface area contributed by atoms with Crippen LogP contribution >= 0.6 is 0 Å². The minimum atomic E-state index is -3.74. The van der Waals surface area contributed by atoms with Gasteiger partial charge in [0.15, 0.2) is 0 Å². The Morgan fingerprint density at radius 3 is 2.24 bits per heavy atom. The van der Waals surface area contributed by atoms with Crippen molar-refractivity contribution in [3.8, 4) is 0 Å². The zero-order valence-electron chi connectivity index (χ0n) is 18.6. The van der Waals surface area contributed by atoms with E-state index in [1.807, 2.05) is 43.3 Å². The van der Waals surface area contributed by atoms with Crippen LogP contribution in [-0.2, 0) is 21.4 Å². The van der Waals surface area contributed by atoms with Gasteiger partial charge in [-0.25, -0.2) is 8.42 Å². The SMILES string of the molecule is Cc1ccc(C)c(S(=O)(=O)Nc2ccc(C(=O)NCCC(=O)NCc3ccccc3)cc2)c1. The van der Waals surface area contributed by atoms with Crippen LogP contribution in [0.5, 0.6) is 0 Å². The first-order chi connectivity index (χ1) is 15.7. The van der Waals surface area contributed by atoms with Gasteiger partial charge in [-0.05, 0) is 60.9 Å². The average Bonchev–Trinajstić information content (AvgIpc) is 2.80. The van der Waals surface area contributed by atoms with Gasteiger partial charge in [-0.2, -0.15) is 0 Å². The van der Waals surface area contributed by atoms with Crippen LogP contribution in [0.1, 0.15) is 33.5 Å². The Kier molecular flexibility index (Phi) is 7.84. The lowest BCUT2D eigenvalue weighted by atomic mass is 10.2. The zero-order chi connectivity index (χ0) is 23.8. The number of hydrogen-bond donors (Lipinski definition) is 3. The standard InChI is InChI=1S/C25H27N3O4S/c1-18-8-9-19(2)23(16-18)33(31,32)28-22-12-10-21(11-13-22)25(30)26-15-14-24(29)27-17-20-6-4-3-5-7-20/h3-13,16,28H,14-15,17H2,1-2H3,(H,26,30)(H,27,29). The van der Waals surface area contributed by atoms with E-state index in [0.29, 0.717) is 23.4 Å². The Bertz CT molecular complexity index is 1220. The Labute approximate surface area is 194 Å². The molecule has 2 amide bonds. The van der Waals surface area contributed by atoms with Crippen molar-refractivity contribution in [2.24, 2.45) is 0 Å². The average molecular weight is 466 g/mol. The van der Waals surface area contributed by atoms with Crippen LogP contribution in [0.25, 0.3) is 0 Å². The molecule has 172 valence electrons. The number of carbonyl (C=O) groups is 2. The van der Waals surface area contributed by atoms with Gasteiger partial charge >= 0.3 is 0 Å². The van der Waals surface area contributed by atoms with E-state index < -0.39 is 10.0 Å². The molecule has 0 radical (unpaired) electrons. The van der Waals surface area contributed by atoms with Crippen LogP contribution in [0.4, 0.5) is 5.69 Å². The predicted octanol–water partition coefficient (Wildman–Crippen LogP) is 3.54. The molecule has 3 aromatic rings. The number of carbonyl (C=O) groups excluding carboxylic acids is 2. The number of benzene rings is 3. The van der Waals surface area contributed by atoms with Gasteiger partial charge in [0.1, 0.15) is 0 Å². The normalized spacial score (nSPS) is 11.0. The van der Waals surface area contributed by atoms with E-state index in [1.165, 1.54) is 24.3 Å². The smallest absolute Gasteiger partial charge is 0.262 e. The van der Waals surface area contributed by atoms with E-state index in [1.54, 1.807) is 19.1 Å². The summed E-state index contributed by atoms with van der Waals surface area (Å²) >= 11 is 0. The van der Waals surface area contributed by atoms with Gasteiger partial charge in [-0.1, -0.05) is 42.5 Å². The van der Waals surface area contributed by atoms with Crippen molar-refractivity contribution in [3.05, 3.63) is 95.1 Å². The third-order valence-electron chi connectivity index (χ3n) is 5.00. The molecular weight excluding hydrogens is 438 g/mol. The van der Waals surface area contributed by atoms with Crippen molar-refractivity contribution in [2.45, 2.75) is 31.7 Å². The van der Waals surface area contributed by atoms with Gasteiger partial charge in [-0.15, -0.1) is 0 Å². The number of nitrogens with one attached hydrogen (secondary N) is 3. The third-order valence-corrected chi connectivity index (χ3v) is 6.53. The number of amides is 2. The molecule has 0 saturated heterocycles. The first kappa shape index (κ1) is 24.0. The second kappa shape index (κ2) is 10.8. The molecule has 8 heteroatoms. The Balaban J connectivity index is 1.49. The van der Waals surface area contributed by atoms with E-state index in [4.69, 9.17) is 0 Å². The summed E-state index contributed by atoms with van der Waals surface area (Å²) < 4.78 is 28.0. The van der Waals surface area contributed by atoms with Gasteiger partial charge in [0.25, 0.3) is 15.9 Å². The second-order valence-electron chi connectivity index (χ2n) is 7.72. The topological polar surface area (TPSA) is 104 Å². The number of sulfonamides is 1. The summed E-state index contributed by atoms with van der Waals surface area (Å²) in [6.45, 7) is 4.20. The van der Waals surface area contributed by atoms with Gasteiger partial charge in [0, 0.05) is 30.8 Å². The molecule has 0 aliphatic rings. The van der Waals surface area contributed by atoms with Crippen molar-refractivity contribution in [2.75, 3.05) is 11.3 Å². The summed E-state index contributed by atoms with van der Waals surface area (Å²) in [7, 11) is -3.74. The number of hydrogen-bond acceptors (Lipinski definition) is 4. The minimum absolute atomic E-state index is 0.157. The molecule has 7 nitrogen and oxygen atoms in total. The van der Waals surface area contributed by atoms with E-state index in [9.17, 15) is 18.0 Å². The fraction of sp³-hybridized carbons (Fsp3) is 0.200. The molecule has 0 aromatic heterocycles. The molecule has 3 aromatic carbocycles. The molecule has 0 bridgehead atoms. The Morgan fingerprint density at radius 2 is 1.55 bits per heavy atom. The Hall–Kier alpha value is -3.65. The van der Waals surface area contributed by atoms with E-state index >= 15 is 0 Å². The highest BCUT2D eigenvalue weighted by molar-refractivity contribution is 7.92. The second-order valence-corrected chi connectivity index (χ2v) is 9.37. The maximum Gasteiger partial charge on any atom is 0.262 e. The first-order valence-electron chi connectivity index (χ1n) is 10.5. The molecule has 3 N–H and O–H groups in total. The number of anilines is 1. The lowest BCUT2D eigenvalue weighted by Gasteiger charge is -2.12. The quantitative estimate of drug-likeness (QED) is 0.450. The largest absolute Gasteiger partial charge is 0.352 e. The first-order valence-corrected chi connectivity index (χ1v) is 12.0. The lowest BCUT2D eigenvalue weighted by molar-refractivity contribution is -0.121. The molecule has 0 aliphatic heterocycles. The lowest BCUT2D eigenvalue weighted by Crippen LogP contribution is -2.30. The highest BCUT2D eigenvalue weighted by Crippen LogP contribution is 2.21. The molecule has 0 unspecified atom stereocenters. The summed E-state index contributed by atoms with van der Waals surface area (Å²) in [4.78, 5) is 24.5. The van der Waals surface area contributed by atoms with Gasteiger partial charge in [0.2, 0.25) is 5.91 Å². The van der Waals surface area contributed by atoms with Crippen LogP contribution in [0.2, 0.25) is 0 Å². The predicted molar refractivity (Wildman–Crippen MR) is 128 cm³/mol. The summed E-state index contributed by atoms with van der Waals surface area (Å²) in [6.07, 6.45) is 0.159. The van der Waals surface area contributed by atoms with E-state index in [0.717, 1.165) is 11.1 Å². The molecule has 0 fully saturated rings. The number of rotatable bonds is 9. The number of aryl methyl sites for hydroxylation is 2. The van der Waals surface area contributed by atoms with Crippen LogP contribution in [0, 0.1) is 13.8 Å². The third kappa shape index (κ3) is 6.92. The van der Waals surface area contributed by atoms with Crippen molar-refractivity contribution >= 4 is 27.5 Å². The molecule has 0 saturated carbocycles. The van der Waals surface area contributed by atoms with E-state index in [2.05, 4.69) is 15.4 Å². The summed E-state index contributed by atoms with van der Waals surface area (Å²) in [6, 6.07) is 20.9. The summed E-state index contributed by atoms with van der Waals surface area (Å²) in [5, 5.41) is 5.50. The summed E-state index contributed by atoms with van der Waals surface area (Å²) in [5.41, 5.74) is 3.23. The molecule has 33 heavy (non-hydrogen) atoms. The van der Waals surface area contributed by atoms with Crippen molar-refractivity contribution in [1.29, 1.82) is 0 Å². The van der Waals surface area contributed by atoms with Crippen molar-refractivity contribution < 1.29 is 18.0 Å². The maximum absolute atomic E-state index is 12.7. The highest BCUT2D eigenvalue weighted by Gasteiger charge is 2.17. The molecule has 0 aliphatic carbocycles. The minimum Gasteiger partial charge on any atom is -0.352 e. The molecule has 3 rings (SSSR count). The monoisotopic (exact) mass is 465 g/mol. The van der Waals surface area contributed by atoms with Gasteiger partial charge < -0.3 is 10.6 Å². The highest BCUT2D eigenvalue weighted by atomic mass is 32.2. The van der Waals surface area contributed by atoms with Crippen LogP contribution in [0.3, 0.4) is 0 Å². The molecule has 0 heterocycles. The molecule has 0 atom stereocenters. The summed E-state index contributed by atoms with van der Waals surface area (Å²) in [5.74, 6) is -0.495. The van der Waals surface area contributed by atoms with Gasteiger partial charge in [0.05, 0.1) is 4.90 Å². The fourth-order valence-electron chi connectivity index (χ4n) is 3.17. The van der Waals surface area contributed by atoms with Crippen molar-refractivity contribution in [3.63, 3.8) is 0 Å². The molecule has 0 spiro atoms. The fourth-order valence-corrected chi connectivity index (χ4v) is 4.56. The zero-order valence-corrected chi connectivity index (χ0v) is 19.4. The van der Waals surface area contributed by atoms with Crippen LogP contribution < -0.4 is 15.4 Å². The van der Waals surface area contributed by atoms with Gasteiger partial charge in [-0.3, -0.25) is 14.3 Å².